The number of amides is 1. The number of ketones is 1. The summed E-state index contributed by atoms with van der Waals surface area (Å²) in [7, 11) is 0. The molecule has 0 bridgehead atoms. The summed E-state index contributed by atoms with van der Waals surface area (Å²) in [6.07, 6.45) is 5.91. The molecule has 0 radical (unpaired) electrons. The van der Waals surface area contributed by atoms with Crippen LogP contribution in [-0.2, 0) is 9.59 Å². The summed E-state index contributed by atoms with van der Waals surface area (Å²) in [4.78, 5) is 22.9. The Balaban J connectivity index is 2.16. The summed E-state index contributed by atoms with van der Waals surface area (Å²) in [6, 6.07) is 0. The molecule has 1 amide bonds. The molecule has 3 nitrogen and oxygen atoms in total. The smallest absolute Gasteiger partial charge is 0.220 e. The number of hydrogen-bond donors (Lipinski definition) is 1. The van der Waals surface area contributed by atoms with Crippen molar-refractivity contribution in [3.8, 4) is 0 Å². The van der Waals surface area contributed by atoms with Crippen LogP contribution in [0.3, 0.4) is 0 Å². The maximum atomic E-state index is 11.7. The lowest BCUT2D eigenvalue weighted by Crippen LogP contribution is -2.58. The van der Waals surface area contributed by atoms with Crippen LogP contribution >= 0.6 is 0 Å². The largest absolute Gasteiger partial charge is 0.344 e. The maximum absolute atomic E-state index is 11.7. The monoisotopic (exact) mass is 181 g/mol. The Morgan fingerprint density at radius 3 is 2.46 bits per heavy atom. The molecule has 2 fully saturated rings. The van der Waals surface area contributed by atoms with Crippen LogP contribution < -0.4 is 5.32 Å². The molecule has 13 heavy (non-hydrogen) atoms. The van der Waals surface area contributed by atoms with Crippen LogP contribution in [0.1, 0.15) is 44.9 Å². The first-order chi connectivity index (χ1) is 6.23. The summed E-state index contributed by atoms with van der Waals surface area (Å²) in [5.41, 5.74) is -0.451. The third-order valence-electron chi connectivity index (χ3n) is 3.18. The number of carbonyl (C=O) groups is 2. The van der Waals surface area contributed by atoms with E-state index in [1.807, 2.05) is 0 Å². The average Bonchev–Trinajstić information content (AvgIpc) is 2.11. The molecule has 1 saturated heterocycles. The Bertz CT molecular complexity index is 245. The highest BCUT2D eigenvalue weighted by Gasteiger charge is 2.42. The van der Waals surface area contributed by atoms with E-state index in [1.54, 1.807) is 0 Å². The second-order valence-corrected chi connectivity index (χ2v) is 4.11. The molecular formula is C10H15NO2. The highest BCUT2D eigenvalue weighted by atomic mass is 16.2. The fraction of sp³-hybridized carbons (Fsp3) is 0.800. The standard InChI is InChI=1S/C10H15NO2/c12-8-4-1-2-6-10(8)7-3-5-9(13)11-10/h1-7H2,(H,11,13)/t10-/m0/s1. The Hall–Kier alpha value is -0.860. The second kappa shape index (κ2) is 3.13. The molecule has 2 rings (SSSR count). The van der Waals surface area contributed by atoms with E-state index in [0.717, 1.165) is 32.1 Å². The van der Waals surface area contributed by atoms with Crippen molar-refractivity contribution in [3.63, 3.8) is 0 Å². The summed E-state index contributed by atoms with van der Waals surface area (Å²) < 4.78 is 0. The molecule has 1 saturated carbocycles. The molecule has 3 heteroatoms. The molecule has 1 heterocycles. The predicted octanol–water partition coefficient (Wildman–Crippen LogP) is 1.17. The van der Waals surface area contributed by atoms with Gasteiger partial charge >= 0.3 is 0 Å². The predicted molar refractivity (Wildman–Crippen MR) is 48.2 cm³/mol. The van der Waals surface area contributed by atoms with Gasteiger partial charge in [0.05, 0.1) is 5.54 Å². The van der Waals surface area contributed by atoms with Crippen LogP contribution in [0.2, 0.25) is 0 Å². The van der Waals surface area contributed by atoms with Gasteiger partial charge in [0.25, 0.3) is 0 Å². The summed E-state index contributed by atoms with van der Waals surface area (Å²) in [6.45, 7) is 0. The van der Waals surface area contributed by atoms with Gasteiger partial charge in [-0.15, -0.1) is 0 Å². The molecule has 0 unspecified atom stereocenters. The molecule has 1 spiro atoms. The second-order valence-electron chi connectivity index (χ2n) is 4.11. The highest BCUT2D eigenvalue weighted by Crippen LogP contribution is 2.32. The minimum atomic E-state index is -0.451. The van der Waals surface area contributed by atoms with E-state index < -0.39 is 5.54 Å². The first-order valence-electron chi connectivity index (χ1n) is 5.07. The first-order valence-corrected chi connectivity index (χ1v) is 5.07. The average molecular weight is 181 g/mol. The number of nitrogens with one attached hydrogen (secondary N) is 1. The van der Waals surface area contributed by atoms with E-state index in [4.69, 9.17) is 0 Å². The Morgan fingerprint density at radius 1 is 1.00 bits per heavy atom. The molecule has 1 N–H and O–H groups in total. The number of hydrogen-bond acceptors (Lipinski definition) is 2. The van der Waals surface area contributed by atoms with Crippen LogP contribution in [0.4, 0.5) is 0 Å². The fourth-order valence-corrected chi connectivity index (χ4v) is 2.43. The van der Waals surface area contributed by atoms with Gasteiger partial charge in [-0.05, 0) is 25.7 Å². The number of carbonyl (C=O) groups excluding carboxylic acids is 2. The van der Waals surface area contributed by atoms with E-state index in [2.05, 4.69) is 5.32 Å². The summed E-state index contributed by atoms with van der Waals surface area (Å²) in [5.74, 6) is 0.313. The van der Waals surface area contributed by atoms with Crippen molar-refractivity contribution in [1.29, 1.82) is 0 Å². The molecule has 0 aromatic heterocycles. The van der Waals surface area contributed by atoms with Crippen molar-refractivity contribution in [2.24, 2.45) is 0 Å². The van der Waals surface area contributed by atoms with Gasteiger partial charge in [0.15, 0.2) is 5.78 Å². The van der Waals surface area contributed by atoms with Crippen LogP contribution in [0.5, 0.6) is 0 Å². The fourth-order valence-electron chi connectivity index (χ4n) is 2.43. The van der Waals surface area contributed by atoms with Crippen molar-refractivity contribution in [1.82, 2.24) is 5.32 Å². The summed E-state index contributed by atoms with van der Waals surface area (Å²) >= 11 is 0. The first kappa shape index (κ1) is 8.73. The summed E-state index contributed by atoms with van der Waals surface area (Å²) in [5, 5.41) is 2.89. The SMILES string of the molecule is O=C1CCC[C@]2(CCCCC2=O)N1. The molecule has 2 aliphatic rings. The number of piperidine rings is 1. The third kappa shape index (κ3) is 1.47. The minimum absolute atomic E-state index is 0.0569. The highest BCUT2D eigenvalue weighted by molar-refractivity contribution is 5.94. The van der Waals surface area contributed by atoms with Crippen LogP contribution in [0.15, 0.2) is 0 Å². The lowest BCUT2D eigenvalue weighted by Gasteiger charge is -2.39. The van der Waals surface area contributed by atoms with E-state index in [1.165, 1.54) is 0 Å². The Labute approximate surface area is 77.9 Å². The van der Waals surface area contributed by atoms with E-state index in [0.29, 0.717) is 12.8 Å². The zero-order valence-electron chi connectivity index (χ0n) is 7.77. The molecule has 1 atom stereocenters. The van der Waals surface area contributed by atoms with Gasteiger partial charge in [-0.1, -0.05) is 6.42 Å². The van der Waals surface area contributed by atoms with Crippen LogP contribution in [-0.4, -0.2) is 17.2 Å². The van der Waals surface area contributed by atoms with Crippen molar-refractivity contribution in [2.45, 2.75) is 50.5 Å². The Morgan fingerprint density at radius 2 is 1.77 bits per heavy atom. The molecule has 72 valence electrons. The van der Waals surface area contributed by atoms with Crippen LogP contribution in [0, 0.1) is 0 Å². The van der Waals surface area contributed by atoms with Crippen molar-refractivity contribution < 1.29 is 9.59 Å². The minimum Gasteiger partial charge on any atom is -0.344 e. The third-order valence-corrected chi connectivity index (χ3v) is 3.18. The number of Topliss-reactive ketones (excluding diaryl/α,β-unsaturated/α-hetero) is 1. The van der Waals surface area contributed by atoms with Gasteiger partial charge in [-0.25, -0.2) is 0 Å². The topological polar surface area (TPSA) is 46.2 Å². The maximum Gasteiger partial charge on any atom is 0.220 e. The van der Waals surface area contributed by atoms with Crippen molar-refractivity contribution in [2.75, 3.05) is 0 Å². The van der Waals surface area contributed by atoms with Crippen molar-refractivity contribution in [3.05, 3.63) is 0 Å². The van der Waals surface area contributed by atoms with Gasteiger partial charge in [0.2, 0.25) is 5.91 Å². The molecular weight excluding hydrogens is 166 g/mol. The molecule has 0 aromatic carbocycles. The quantitative estimate of drug-likeness (QED) is 0.609. The van der Waals surface area contributed by atoms with Crippen LogP contribution in [0.25, 0.3) is 0 Å². The van der Waals surface area contributed by atoms with Crippen molar-refractivity contribution >= 4 is 11.7 Å². The van der Waals surface area contributed by atoms with Gasteiger partial charge < -0.3 is 5.32 Å². The van der Waals surface area contributed by atoms with E-state index >= 15 is 0 Å². The molecule has 1 aliphatic heterocycles. The van der Waals surface area contributed by atoms with E-state index in [-0.39, 0.29) is 11.7 Å². The Kier molecular flexibility index (Phi) is 2.10. The van der Waals surface area contributed by atoms with Gasteiger partial charge in [-0.3, -0.25) is 9.59 Å². The van der Waals surface area contributed by atoms with E-state index in [9.17, 15) is 9.59 Å². The zero-order valence-corrected chi connectivity index (χ0v) is 7.77. The molecule has 1 aliphatic carbocycles. The lowest BCUT2D eigenvalue weighted by molar-refractivity contribution is -0.136. The zero-order chi connectivity index (χ0) is 9.31. The normalized spacial score (nSPS) is 34.8. The number of rotatable bonds is 0. The van der Waals surface area contributed by atoms with Gasteiger partial charge in [-0.2, -0.15) is 0 Å². The van der Waals surface area contributed by atoms with Gasteiger partial charge in [0, 0.05) is 12.8 Å². The van der Waals surface area contributed by atoms with Gasteiger partial charge in [0.1, 0.15) is 0 Å². The lowest BCUT2D eigenvalue weighted by atomic mass is 9.75. The molecule has 0 aromatic rings.